The Kier molecular flexibility index (Phi) is 4.07. The lowest BCUT2D eigenvalue weighted by molar-refractivity contribution is -0.147. The molecule has 1 aliphatic carbocycles. The Hall–Kier alpha value is -0.540. The maximum Gasteiger partial charge on any atom is 0.331 e. The van der Waals surface area contributed by atoms with Crippen molar-refractivity contribution in [2.24, 2.45) is 11.8 Å². The van der Waals surface area contributed by atoms with E-state index in [9.17, 15) is 4.79 Å². The van der Waals surface area contributed by atoms with Gasteiger partial charge in [0.15, 0.2) is 0 Å². The molecule has 58 valence electrons. The molecule has 0 fully saturated rings. The monoisotopic (exact) mass is 163 g/mol. The van der Waals surface area contributed by atoms with Gasteiger partial charge in [0.05, 0.1) is 5.92 Å². The van der Waals surface area contributed by atoms with Crippen LogP contribution >= 0.6 is 12.4 Å². The lowest BCUT2D eigenvalue weighted by Crippen LogP contribution is -2.17. The average Bonchev–Trinajstić information content (AvgIpc) is 2.37. The zero-order chi connectivity index (χ0) is 6.69. The van der Waals surface area contributed by atoms with Crippen LogP contribution in [0.4, 0.5) is 0 Å². The first-order chi connectivity index (χ1) is 4.34. The van der Waals surface area contributed by atoms with Gasteiger partial charge >= 0.3 is 5.97 Å². The number of hydrogen-bond acceptors (Lipinski definition) is 3. The van der Waals surface area contributed by atoms with Gasteiger partial charge in [-0.15, -0.1) is 12.4 Å². The van der Waals surface area contributed by atoms with Gasteiger partial charge in [-0.3, -0.25) is 0 Å². The van der Waals surface area contributed by atoms with E-state index in [0.717, 1.165) is 12.8 Å². The molecule has 0 saturated carbocycles. The van der Waals surface area contributed by atoms with E-state index in [2.05, 4.69) is 10.7 Å². The van der Waals surface area contributed by atoms with E-state index in [1.165, 1.54) is 0 Å². The van der Waals surface area contributed by atoms with E-state index in [1.54, 1.807) is 0 Å². The number of allylic oxidation sites excluding steroid dienone is 1. The Bertz CT molecular complexity index is 147. The fraction of sp³-hybridized carbons (Fsp3) is 0.500. The molecular weight excluding hydrogens is 154 g/mol. The van der Waals surface area contributed by atoms with Crippen LogP contribution in [0.1, 0.15) is 12.8 Å². The second kappa shape index (κ2) is 4.30. The lowest BCUT2D eigenvalue weighted by atomic mass is 10.1. The molecule has 0 aromatic heterocycles. The minimum Gasteiger partial charge on any atom is -0.373 e. The van der Waals surface area contributed by atoms with Crippen LogP contribution < -0.4 is 5.90 Å². The van der Waals surface area contributed by atoms with Crippen LogP contribution in [0.15, 0.2) is 12.2 Å². The van der Waals surface area contributed by atoms with Crippen LogP contribution in [-0.4, -0.2) is 5.97 Å². The first kappa shape index (κ1) is 9.46. The number of hydrogen-bond donors (Lipinski definition) is 1. The Morgan fingerprint density at radius 1 is 1.70 bits per heavy atom. The molecule has 1 atom stereocenters. The molecule has 1 rings (SSSR count). The van der Waals surface area contributed by atoms with E-state index in [1.807, 2.05) is 12.2 Å². The summed E-state index contributed by atoms with van der Waals surface area (Å²) in [5.74, 6) is 4.25. The number of nitrogens with two attached hydrogens (primary N) is 1. The van der Waals surface area contributed by atoms with Gasteiger partial charge < -0.3 is 4.84 Å². The maximum atomic E-state index is 10.6. The minimum absolute atomic E-state index is 0. The van der Waals surface area contributed by atoms with Crippen molar-refractivity contribution in [2.75, 3.05) is 0 Å². The molecule has 0 saturated heterocycles. The molecule has 1 aliphatic rings. The van der Waals surface area contributed by atoms with Gasteiger partial charge in [0.25, 0.3) is 0 Å². The maximum absolute atomic E-state index is 10.6. The second-order valence-electron chi connectivity index (χ2n) is 2.05. The summed E-state index contributed by atoms with van der Waals surface area (Å²) in [4.78, 5) is 14.7. The number of carbonyl (C=O) groups excluding carboxylic acids is 1. The van der Waals surface area contributed by atoms with Gasteiger partial charge in [0.2, 0.25) is 0 Å². The Balaban J connectivity index is 0.000000810. The van der Waals surface area contributed by atoms with Crippen LogP contribution in [-0.2, 0) is 9.63 Å². The molecule has 0 aliphatic heterocycles. The molecular formula is C6H10ClNO2. The molecule has 0 spiro atoms. The normalized spacial score (nSPS) is 21.9. The van der Waals surface area contributed by atoms with Crippen LogP contribution in [0.25, 0.3) is 0 Å². The lowest BCUT2D eigenvalue weighted by Gasteiger charge is -2.00. The molecule has 1 unspecified atom stereocenters. The smallest absolute Gasteiger partial charge is 0.331 e. The van der Waals surface area contributed by atoms with Gasteiger partial charge in [-0.05, 0) is 12.8 Å². The van der Waals surface area contributed by atoms with Gasteiger partial charge in [-0.25, -0.2) is 4.79 Å². The SMILES string of the molecule is Cl.NOC(=O)C1C=CCC1. The average molecular weight is 164 g/mol. The number of halogens is 1. The molecule has 10 heavy (non-hydrogen) atoms. The van der Waals surface area contributed by atoms with Gasteiger partial charge in [0.1, 0.15) is 0 Å². The zero-order valence-corrected chi connectivity index (χ0v) is 6.26. The summed E-state index contributed by atoms with van der Waals surface area (Å²) in [5.41, 5.74) is 0. The molecule has 0 radical (unpaired) electrons. The van der Waals surface area contributed by atoms with E-state index in [4.69, 9.17) is 0 Å². The molecule has 0 aromatic rings. The molecule has 3 nitrogen and oxygen atoms in total. The summed E-state index contributed by atoms with van der Waals surface area (Å²) in [7, 11) is 0. The minimum atomic E-state index is -0.330. The van der Waals surface area contributed by atoms with Crippen molar-refractivity contribution in [2.45, 2.75) is 12.8 Å². The van der Waals surface area contributed by atoms with Crippen LogP contribution in [0, 0.1) is 5.92 Å². The summed E-state index contributed by atoms with van der Waals surface area (Å²) in [5, 5.41) is 0. The van der Waals surface area contributed by atoms with Gasteiger partial charge in [-0.2, -0.15) is 5.90 Å². The van der Waals surface area contributed by atoms with E-state index in [0.29, 0.717) is 0 Å². The van der Waals surface area contributed by atoms with Crippen molar-refractivity contribution in [3.05, 3.63) is 12.2 Å². The highest BCUT2D eigenvalue weighted by Gasteiger charge is 2.18. The van der Waals surface area contributed by atoms with Crippen molar-refractivity contribution in [3.8, 4) is 0 Å². The molecule has 4 heteroatoms. The van der Waals surface area contributed by atoms with Crippen molar-refractivity contribution < 1.29 is 9.63 Å². The van der Waals surface area contributed by atoms with Crippen molar-refractivity contribution in [3.63, 3.8) is 0 Å². The molecule has 0 bridgehead atoms. The van der Waals surface area contributed by atoms with Crippen molar-refractivity contribution in [1.82, 2.24) is 0 Å². The predicted molar refractivity (Wildman–Crippen MR) is 39.4 cm³/mol. The topological polar surface area (TPSA) is 52.3 Å². The summed E-state index contributed by atoms with van der Waals surface area (Å²) < 4.78 is 0. The highest BCUT2D eigenvalue weighted by Crippen LogP contribution is 2.17. The molecule has 0 aromatic carbocycles. The summed E-state index contributed by atoms with van der Waals surface area (Å²) in [6.45, 7) is 0. The zero-order valence-electron chi connectivity index (χ0n) is 5.45. The van der Waals surface area contributed by atoms with Crippen molar-refractivity contribution >= 4 is 18.4 Å². The third kappa shape index (κ3) is 2.01. The molecule has 0 heterocycles. The largest absolute Gasteiger partial charge is 0.373 e. The third-order valence-corrected chi connectivity index (χ3v) is 1.43. The fourth-order valence-electron chi connectivity index (χ4n) is 0.916. The second-order valence-corrected chi connectivity index (χ2v) is 2.05. The van der Waals surface area contributed by atoms with Gasteiger partial charge in [-0.1, -0.05) is 12.2 Å². The van der Waals surface area contributed by atoms with E-state index < -0.39 is 0 Å². The molecule has 2 N–H and O–H groups in total. The predicted octanol–water partition coefficient (Wildman–Crippen LogP) is 0.791. The summed E-state index contributed by atoms with van der Waals surface area (Å²) >= 11 is 0. The fourth-order valence-corrected chi connectivity index (χ4v) is 0.916. The summed E-state index contributed by atoms with van der Waals surface area (Å²) in [6, 6.07) is 0. The third-order valence-electron chi connectivity index (χ3n) is 1.43. The quantitative estimate of drug-likeness (QED) is 0.460. The Labute approximate surface area is 65.6 Å². The van der Waals surface area contributed by atoms with Crippen LogP contribution in [0.2, 0.25) is 0 Å². The van der Waals surface area contributed by atoms with Crippen LogP contribution in [0.5, 0.6) is 0 Å². The standard InChI is InChI=1S/C6H9NO2.ClH/c7-9-6(8)5-3-1-2-4-5;/h1,3,5H,2,4,7H2;1H. The number of rotatable bonds is 1. The first-order valence-corrected chi connectivity index (χ1v) is 2.92. The Morgan fingerprint density at radius 2 is 2.40 bits per heavy atom. The van der Waals surface area contributed by atoms with Crippen molar-refractivity contribution in [1.29, 1.82) is 0 Å². The van der Waals surface area contributed by atoms with Gasteiger partial charge in [0, 0.05) is 0 Å². The first-order valence-electron chi connectivity index (χ1n) is 2.92. The van der Waals surface area contributed by atoms with E-state index in [-0.39, 0.29) is 24.3 Å². The number of carbonyl (C=O) groups is 1. The Morgan fingerprint density at radius 3 is 2.80 bits per heavy atom. The highest BCUT2D eigenvalue weighted by atomic mass is 35.5. The van der Waals surface area contributed by atoms with Crippen LogP contribution in [0.3, 0.4) is 0 Å². The summed E-state index contributed by atoms with van der Waals surface area (Å²) in [6.07, 6.45) is 5.59. The highest BCUT2D eigenvalue weighted by molar-refractivity contribution is 5.85. The molecule has 0 amide bonds. The van der Waals surface area contributed by atoms with E-state index >= 15 is 0 Å².